The number of rotatable bonds is 6. The highest BCUT2D eigenvalue weighted by molar-refractivity contribution is 5.73. The first kappa shape index (κ1) is 11.5. The zero-order chi connectivity index (χ0) is 10.8. The summed E-state index contributed by atoms with van der Waals surface area (Å²) in [6, 6.07) is 0. The molecule has 14 heavy (non-hydrogen) atoms. The average Bonchev–Trinajstić information content (AvgIpc) is 2.85. The van der Waals surface area contributed by atoms with Crippen molar-refractivity contribution in [2.75, 3.05) is 13.1 Å². The molecule has 1 aliphatic carbocycles. The van der Waals surface area contributed by atoms with Gasteiger partial charge in [0.1, 0.15) is 0 Å². The molecular formula is C11H21NO2. The lowest BCUT2D eigenvalue weighted by atomic mass is 9.93. The zero-order valence-corrected chi connectivity index (χ0v) is 9.39. The number of nitrogens with one attached hydrogen (secondary N) is 1. The molecule has 0 atom stereocenters. The number of carboxylic acids is 1. The van der Waals surface area contributed by atoms with Crippen LogP contribution in [-0.2, 0) is 4.79 Å². The van der Waals surface area contributed by atoms with Crippen molar-refractivity contribution in [2.45, 2.75) is 40.0 Å². The summed E-state index contributed by atoms with van der Waals surface area (Å²) in [6.45, 7) is 7.25. The van der Waals surface area contributed by atoms with Gasteiger partial charge in [0, 0.05) is 13.1 Å². The van der Waals surface area contributed by atoms with E-state index in [9.17, 15) is 4.79 Å². The SMILES string of the molecule is CCC1(CNCC(C)(C)C(=O)O)CC1. The first-order valence-corrected chi connectivity index (χ1v) is 5.36. The summed E-state index contributed by atoms with van der Waals surface area (Å²) in [6.07, 6.45) is 3.79. The highest BCUT2D eigenvalue weighted by atomic mass is 16.4. The van der Waals surface area contributed by atoms with Crippen molar-refractivity contribution in [3.63, 3.8) is 0 Å². The normalized spacial score (nSPS) is 19.4. The van der Waals surface area contributed by atoms with Crippen LogP contribution in [0.5, 0.6) is 0 Å². The topological polar surface area (TPSA) is 49.3 Å². The van der Waals surface area contributed by atoms with Crippen molar-refractivity contribution >= 4 is 5.97 Å². The second-order valence-electron chi connectivity index (χ2n) is 5.15. The van der Waals surface area contributed by atoms with E-state index < -0.39 is 11.4 Å². The van der Waals surface area contributed by atoms with Crippen LogP contribution in [0.3, 0.4) is 0 Å². The molecule has 0 bridgehead atoms. The summed E-state index contributed by atoms with van der Waals surface area (Å²) < 4.78 is 0. The van der Waals surface area contributed by atoms with Crippen molar-refractivity contribution in [3.8, 4) is 0 Å². The smallest absolute Gasteiger partial charge is 0.310 e. The first-order valence-electron chi connectivity index (χ1n) is 5.36. The van der Waals surface area contributed by atoms with Gasteiger partial charge in [0.15, 0.2) is 0 Å². The fourth-order valence-corrected chi connectivity index (χ4v) is 1.55. The van der Waals surface area contributed by atoms with Crippen LogP contribution in [0.2, 0.25) is 0 Å². The van der Waals surface area contributed by atoms with Crippen LogP contribution in [0.4, 0.5) is 0 Å². The molecule has 0 radical (unpaired) electrons. The van der Waals surface area contributed by atoms with Crippen LogP contribution < -0.4 is 5.32 Å². The van der Waals surface area contributed by atoms with Gasteiger partial charge in [0.25, 0.3) is 0 Å². The summed E-state index contributed by atoms with van der Waals surface area (Å²) in [7, 11) is 0. The predicted octanol–water partition coefficient (Wildman–Crippen LogP) is 1.88. The Balaban J connectivity index is 2.24. The monoisotopic (exact) mass is 199 g/mol. The second kappa shape index (κ2) is 3.89. The molecule has 2 N–H and O–H groups in total. The molecule has 82 valence electrons. The molecule has 0 heterocycles. The van der Waals surface area contributed by atoms with E-state index in [1.54, 1.807) is 13.8 Å². The maximum absolute atomic E-state index is 10.8. The largest absolute Gasteiger partial charge is 0.481 e. The second-order valence-corrected chi connectivity index (χ2v) is 5.15. The van der Waals surface area contributed by atoms with Gasteiger partial charge in [-0.1, -0.05) is 6.92 Å². The minimum atomic E-state index is -0.730. The standard InChI is InChI=1S/C11H21NO2/c1-4-11(5-6-11)8-12-7-10(2,3)9(13)14/h12H,4-8H2,1-3H3,(H,13,14). The van der Waals surface area contributed by atoms with Crippen molar-refractivity contribution < 1.29 is 9.90 Å². The Hall–Kier alpha value is -0.570. The van der Waals surface area contributed by atoms with Gasteiger partial charge < -0.3 is 10.4 Å². The molecule has 0 aliphatic heterocycles. The van der Waals surface area contributed by atoms with Crippen LogP contribution in [0, 0.1) is 10.8 Å². The van der Waals surface area contributed by atoms with E-state index in [1.165, 1.54) is 19.3 Å². The van der Waals surface area contributed by atoms with E-state index >= 15 is 0 Å². The fourth-order valence-electron chi connectivity index (χ4n) is 1.55. The minimum Gasteiger partial charge on any atom is -0.481 e. The van der Waals surface area contributed by atoms with Crippen LogP contribution in [0.25, 0.3) is 0 Å². The summed E-state index contributed by atoms with van der Waals surface area (Å²) >= 11 is 0. The quantitative estimate of drug-likeness (QED) is 0.686. The molecule has 0 aromatic rings. The molecule has 1 fully saturated rings. The Morgan fingerprint density at radius 1 is 1.50 bits per heavy atom. The molecule has 1 aliphatic rings. The number of carbonyl (C=O) groups is 1. The Morgan fingerprint density at radius 2 is 2.07 bits per heavy atom. The third kappa shape index (κ3) is 2.71. The van der Waals surface area contributed by atoms with Crippen molar-refractivity contribution in [2.24, 2.45) is 10.8 Å². The van der Waals surface area contributed by atoms with Crippen molar-refractivity contribution in [1.29, 1.82) is 0 Å². The minimum absolute atomic E-state index is 0.495. The van der Waals surface area contributed by atoms with E-state index in [1.807, 2.05) is 0 Å². The molecule has 0 aromatic carbocycles. The van der Waals surface area contributed by atoms with Gasteiger partial charge in [-0.25, -0.2) is 0 Å². The van der Waals surface area contributed by atoms with E-state index in [0.717, 1.165) is 6.54 Å². The maximum atomic E-state index is 10.8. The van der Waals surface area contributed by atoms with Gasteiger partial charge in [-0.3, -0.25) is 4.79 Å². The van der Waals surface area contributed by atoms with Gasteiger partial charge in [-0.05, 0) is 38.5 Å². The molecule has 0 aromatic heterocycles. The van der Waals surface area contributed by atoms with Gasteiger partial charge in [0.05, 0.1) is 5.41 Å². The van der Waals surface area contributed by atoms with Gasteiger partial charge in [-0.2, -0.15) is 0 Å². The van der Waals surface area contributed by atoms with Gasteiger partial charge in [0.2, 0.25) is 0 Å². The summed E-state index contributed by atoms with van der Waals surface area (Å²) in [5.74, 6) is -0.730. The highest BCUT2D eigenvalue weighted by Crippen LogP contribution is 2.47. The Bertz CT molecular complexity index is 219. The zero-order valence-electron chi connectivity index (χ0n) is 9.39. The lowest BCUT2D eigenvalue weighted by Crippen LogP contribution is -2.38. The molecule has 1 rings (SSSR count). The Morgan fingerprint density at radius 3 is 2.43 bits per heavy atom. The Labute approximate surface area is 85.9 Å². The number of aliphatic carboxylic acids is 1. The number of hydrogen-bond donors (Lipinski definition) is 2. The van der Waals surface area contributed by atoms with E-state index in [2.05, 4.69) is 12.2 Å². The molecule has 3 nitrogen and oxygen atoms in total. The van der Waals surface area contributed by atoms with E-state index in [4.69, 9.17) is 5.11 Å². The number of hydrogen-bond acceptors (Lipinski definition) is 2. The molecule has 0 spiro atoms. The molecule has 0 saturated heterocycles. The van der Waals surface area contributed by atoms with Crippen LogP contribution >= 0.6 is 0 Å². The lowest BCUT2D eigenvalue weighted by Gasteiger charge is -2.21. The highest BCUT2D eigenvalue weighted by Gasteiger charge is 2.40. The van der Waals surface area contributed by atoms with Gasteiger partial charge >= 0.3 is 5.97 Å². The van der Waals surface area contributed by atoms with Crippen molar-refractivity contribution in [3.05, 3.63) is 0 Å². The Kier molecular flexibility index (Phi) is 3.20. The first-order chi connectivity index (χ1) is 6.42. The average molecular weight is 199 g/mol. The molecule has 0 amide bonds. The summed E-state index contributed by atoms with van der Waals surface area (Å²) in [4.78, 5) is 10.8. The van der Waals surface area contributed by atoms with E-state index in [-0.39, 0.29) is 0 Å². The predicted molar refractivity (Wildman–Crippen MR) is 56.2 cm³/mol. The lowest BCUT2D eigenvalue weighted by molar-refractivity contribution is -0.146. The third-order valence-electron chi connectivity index (χ3n) is 3.35. The molecule has 0 unspecified atom stereocenters. The van der Waals surface area contributed by atoms with Crippen LogP contribution in [-0.4, -0.2) is 24.2 Å². The van der Waals surface area contributed by atoms with E-state index in [0.29, 0.717) is 12.0 Å². The summed E-state index contributed by atoms with van der Waals surface area (Å²) in [5, 5.41) is 12.2. The van der Waals surface area contributed by atoms with Crippen molar-refractivity contribution in [1.82, 2.24) is 5.32 Å². The maximum Gasteiger partial charge on any atom is 0.310 e. The number of carboxylic acid groups (broad SMARTS) is 1. The van der Waals surface area contributed by atoms with Crippen LogP contribution in [0.15, 0.2) is 0 Å². The molecule has 1 saturated carbocycles. The fraction of sp³-hybridized carbons (Fsp3) is 0.909. The van der Waals surface area contributed by atoms with Gasteiger partial charge in [-0.15, -0.1) is 0 Å². The molecule has 3 heteroatoms. The molecular weight excluding hydrogens is 178 g/mol. The third-order valence-corrected chi connectivity index (χ3v) is 3.35. The van der Waals surface area contributed by atoms with Crippen LogP contribution in [0.1, 0.15) is 40.0 Å². The summed E-state index contributed by atoms with van der Waals surface area (Å²) in [5.41, 5.74) is -0.154.